The number of rotatable bonds is 8. The molecule has 0 spiro atoms. The van der Waals surface area contributed by atoms with Crippen LogP contribution in [0.25, 0.3) is 23.3 Å². The van der Waals surface area contributed by atoms with Gasteiger partial charge in [-0.25, -0.2) is 14.6 Å². The highest BCUT2D eigenvalue weighted by atomic mass is 16.5. The number of fused-ring (bicyclic) bond motifs is 1. The van der Waals surface area contributed by atoms with Crippen LogP contribution in [-0.2, 0) is 20.1 Å². The number of imidazole rings is 1. The van der Waals surface area contributed by atoms with E-state index in [1.807, 2.05) is 13.8 Å². The van der Waals surface area contributed by atoms with Gasteiger partial charge >= 0.3 is 11.7 Å². The van der Waals surface area contributed by atoms with E-state index in [0.717, 1.165) is 6.42 Å². The van der Waals surface area contributed by atoms with Crippen LogP contribution < -0.4 is 16.0 Å². The van der Waals surface area contributed by atoms with Gasteiger partial charge in [0, 0.05) is 25.7 Å². The van der Waals surface area contributed by atoms with Crippen LogP contribution in [0.4, 0.5) is 0 Å². The van der Waals surface area contributed by atoms with E-state index in [-0.39, 0.29) is 16.8 Å². The van der Waals surface area contributed by atoms with Gasteiger partial charge in [-0.15, -0.1) is 0 Å². The fourth-order valence-electron chi connectivity index (χ4n) is 3.52. The molecular formula is C22H26N4O5. The van der Waals surface area contributed by atoms with Crippen LogP contribution in [0.1, 0.15) is 48.4 Å². The van der Waals surface area contributed by atoms with E-state index < -0.39 is 5.97 Å². The molecule has 0 aliphatic rings. The monoisotopic (exact) mass is 426 g/mol. The summed E-state index contributed by atoms with van der Waals surface area (Å²) in [6.07, 6.45) is 4.85. The molecule has 0 unspecified atom stereocenters. The van der Waals surface area contributed by atoms with Crippen molar-refractivity contribution in [3.05, 3.63) is 56.0 Å². The molecule has 3 aromatic rings. The average Bonchev–Trinajstić information content (AvgIpc) is 3.08. The van der Waals surface area contributed by atoms with Crippen LogP contribution in [0.5, 0.6) is 5.75 Å². The fourth-order valence-corrected chi connectivity index (χ4v) is 3.52. The fraction of sp³-hybridized carbons (Fsp3) is 0.364. The van der Waals surface area contributed by atoms with E-state index in [2.05, 4.69) is 4.98 Å². The average molecular weight is 426 g/mol. The van der Waals surface area contributed by atoms with Crippen molar-refractivity contribution in [3.63, 3.8) is 0 Å². The first kappa shape index (κ1) is 22.1. The molecule has 0 radical (unpaired) electrons. The van der Waals surface area contributed by atoms with Crippen LogP contribution in [0.2, 0.25) is 0 Å². The molecule has 31 heavy (non-hydrogen) atoms. The summed E-state index contributed by atoms with van der Waals surface area (Å²) in [5.74, 6) is -0.139. The van der Waals surface area contributed by atoms with Gasteiger partial charge in [-0.1, -0.05) is 19.9 Å². The summed E-state index contributed by atoms with van der Waals surface area (Å²) < 4.78 is 9.78. The third kappa shape index (κ3) is 4.03. The lowest BCUT2D eigenvalue weighted by molar-refractivity contribution is 0.0696. The Bertz CT molecular complexity index is 1280. The number of carboxylic acid groups (broad SMARTS) is 1. The van der Waals surface area contributed by atoms with Gasteiger partial charge in [0.25, 0.3) is 5.56 Å². The quantitative estimate of drug-likeness (QED) is 0.593. The van der Waals surface area contributed by atoms with Crippen molar-refractivity contribution >= 4 is 29.3 Å². The molecule has 0 aliphatic heterocycles. The van der Waals surface area contributed by atoms with Crippen molar-refractivity contribution in [3.8, 4) is 5.75 Å². The summed E-state index contributed by atoms with van der Waals surface area (Å²) in [6.45, 7) is 4.69. The van der Waals surface area contributed by atoms with Crippen LogP contribution in [0, 0.1) is 0 Å². The zero-order chi connectivity index (χ0) is 22.7. The zero-order valence-corrected chi connectivity index (χ0v) is 18.1. The molecule has 0 aliphatic carbocycles. The Morgan fingerprint density at radius 1 is 1.13 bits per heavy atom. The van der Waals surface area contributed by atoms with Crippen LogP contribution in [0.15, 0.2) is 27.8 Å². The van der Waals surface area contributed by atoms with Crippen molar-refractivity contribution in [1.82, 2.24) is 18.7 Å². The summed E-state index contributed by atoms with van der Waals surface area (Å²) >= 11 is 0. The Morgan fingerprint density at radius 3 is 2.42 bits per heavy atom. The Kier molecular flexibility index (Phi) is 6.43. The summed E-state index contributed by atoms with van der Waals surface area (Å²) in [6, 6.07) is 4.57. The number of ether oxygens (including phenoxy) is 1. The standard InChI is InChI=1S/C22H26N4O5/c1-5-11-25-19-18(20(27)26(12-6-2)22(25)30)24(3)17(23-19)10-9-14-7-8-15(21(28)29)13-16(14)31-4/h7-10,13H,5-6,11-12H2,1-4H3,(H,28,29)/b10-9+. The van der Waals surface area contributed by atoms with Crippen LogP contribution in [0.3, 0.4) is 0 Å². The second-order valence-corrected chi connectivity index (χ2v) is 7.19. The first-order chi connectivity index (χ1) is 14.8. The molecule has 1 aromatic carbocycles. The lowest BCUT2D eigenvalue weighted by Gasteiger charge is -2.10. The highest BCUT2D eigenvalue weighted by Gasteiger charge is 2.18. The number of aryl methyl sites for hydroxylation is 2. The molecule has 2 heterocycles. The second kappa shape index (κ2) is 9.03. The van der Waals surface area contributed by atoms with Gasteiger partial charge in [-0.2, -0.15) is 0 Å². The molecule has 0 saturated heterocycles. The van der Waals surface area contributed by atoms with Crippen LogP contribution in [-0.4, -0.2) is 36.9 Å². The number of carbonyl (C=O) groups is 1. The molecular weight excluding hydrogens is 400 g/mol. The number of aromatic carboxylic acids is 1. The number of benzene rings is 1. The molecule has 0 bridgehead atoms. The van der Waals surface area contributed by atoms with Crippen molar-refractivity contribution in [2.75, 3.05) is 7.11 Å². The predicted molar refractivity (Wildman–Crippen MR) is 119 cm³/mol. The Labute approximate surface area is 178 Å². The Morgan fingerprint density at radius 2 is 1.81 bits per heavy atom. The maximum atomic E-state index is 13.0. The van der Waals surface area contributed by atoms with Gasteiger partial charge in [0.15, 0.2) is 11.2 Å². The molecule has 9 heteroatoms. The largest absolute Gasteiger partial charge is 0.496 e. The smallest absolute Gasteiger partial charge is 0.335 e. The number of hydrogen-bond acceptors (Lipinski definition) is 5. The summed E-state index contributed by atoms with van der Waals surface area (Å²) in [5, 5.41) is 9.15. The van der Waals surface area contributed by atoms with Crippen molar-refractivity contribution < 1.29 is 14.6 Å². The van der Waals surface area contributed by atoms with Gasteiger partial charge in [0.1, 0.15) is 11.6 Å². The van der Waals surface area contributed by atoms with Crippen molar-refractivity contribution in [2.24, 2.45) is 7.05 Å². The minimum atomic E-state index is -1.04. The van der Waals surface area contributed by atoms with Gasteiger partial charge in [-0.05, 0) is 37.1 Å². The van der Waals surface area contributed by atoms with Crippen LogP contribution >= 0.6 is 0 Å². The minimum absolute atomic E-state index is 0.122. The molecule has 0 fully saturated rings. The highest BCUT2D eigenvalue weighted by molar-refractivity contribution is 5.89. The maximum Gasteiger partial charge on any atom is 0.335 e. The Balaban J connectivity index is 2.16. The molecule has 3 rings (SSSR count). The number of methoxy groups -OCH3 is 1. The number of aromatic nitrogens is 4. The molecule has 2 aromatic heterocycles. The second-order valence-electron chi connectivity index (χ2n) is 7.19. The lowest BCUT2D eigenvalue weighted by Crippen LogP contribution is -2.40. The third-order valence-corrected chi connectivity index (χ3v) is 5.06. The van der Waals surface area contributed by atoms with Gasteiger partial charge < -0.3 is 14.4 Å². The molecule has 164 valence electrons. The molecule has 1 N–H and O–H groups in total. The number of nitrogens with zero attached hydrogens (tertiary/aromatic N) is 4. The van der Waals surface area contributed by atoms with E-state index in [0.29, 0.717) is 47.8 Å². The first-order valence-electron chi connectivity index (χ1n) is 10.1. The van der Waals surface area contributed by atoms with E-state index in [1.165, 1.54) is 23.8 Å². The first-order valence-corrected chi connectivity index (χ1v) is 10.1. The van der Waals surface area contributed by atoms with Gasteiger partial charge in [-0.3, -0.25) is 13.9 Å². The van der Waals surface area contributed by atoms with E-state index in [1.54, 1.807) is 34.4 Å². The van der Waals surface area contributed by atoms with E-state index in [9.17, 15) is 14.4 Å². The lowest BCUT2D eigenvalue weighted by atomic mass is 10.1. The third-order valence-electron chi connectivity index (χ3n) is 5.06. The highest BCUT2D eigenvalue weighted by Crippen LogP contribution is 2.23. The van der Waals surface area contributed by atoms with E-state index in [4.69, 9.17) is 9.84 Å². The summed E-state index contributed by atoms with van der Waals surface area (Å²) in [7, 11) is 3.20. The molecule has 0 amide bonds. The normalized spacial score (nSPS) is 11.5. The molecule has 0 atom stereocenters. The zero-order valence-electron chi connectivity index (χ0n) is 18.1. The van der Waals surface area contributed by atoms with E-state index >= 15 is 0 Å². The predicted octanol–water partition coefficient (Wildman–Crippen LogP) is 2.59. The Hall–Kier alpha value is -3.62. The molecule has 9 nitrogen and oxygen atoms in total. The summed E-state index contributed by atoms with van der Waals surface area (Å²) in [5.41, 5.74) is 0.813. The number of carboxylic acids is 1. The maximum absolute atomic E-state index is 13.0. The minimum Gasteiger partial charge on any atom is -0.496 e. The van der Waals surface area contributed by atoms with Gasteiger partial charge in [0.05, 0.1) is 12.7 Å². The van der Waals surface area contributed by atoms with Crippen molar-refractivity contribution in [2.45, 2.75) is 39.8 Å². The molecule has 0 saturated carbocycles. The van der Waals surface area contributed by atoms with Gasteiger partial charge in [0.2, 0.25) is 0 Å². The SMILES string of the molecule is CCCn1c(=O)c2c(nc(/C=C/c3ccc(C(=O)O)cc3OC)n2C)n(CCC)c1=O. The topological polar surface area (TPSA) is 108 Å². The van der Waals surface area contributed by atoms with Crippen molar-refractivity contribution in [1.29, 1.82) is 0 Å². The summed E-state index contributed by atoms with van der Waals surface area (Å²) in [4.78, 5) is 41.6. The number of hydrogen-bond donors (Lipinski definition) is 1.